The maximum Gasteiger partial charge on any atom is 0.274 e. The first-order valence-corrected chi connectivity index (χ1v) is 9.48. The molecule has 1 saturated heterocycles. The molecule has 2 fully saturated rings. The van der Waals surface area contributed by atoms with E-state index in [0.29, 0.717) is 13.1 Å². The zero-order valence-corrected chi connectivity index (χ0v) is 13.6. The molecular weight excluding hydrogens is 290 g/mol. The molecule has 21 heavy (non-hydrogen) atoms. The quantitative estimate of drug-likeness (QED) is 0.792. The van der Waals surface area contributed by atoms with Crippen molar-refractivity contribution in [3.8, 4) is 0 Å². The predicted octanol–water partition coefficient (Wildman–Crippen LogP) is 0.989. The summed E-state index contributed by atoms with van der Waals surface area (Å²) in [7, 11) is -3.65. The largest absolute Gasteiger partial charge is 0.342 e. The topological polar surface area (TPSA) is 92.5 Å². The highest BCUT2D eigenvalue weighted by Gasteiger charge is 2.42. The molecule has 1 aliphatic carbocycles. The van der Waals surface area contributed by atoms with Crippen LogP contribution >= 0.6 is 0 Å². The van der Waals surface area contributed by atoms with E-state index in [9.17, 15) is 13.2 Å². The summed E-state index contributed by atoms with van der Waals surface area (Å²) in [5.41, 5.74) is -0.157. The van der Waals surface area contributed by atoms with E-state index in [2.05, 4.69) is 11.6 Å². The summed E-state index contributed by atoms with van der Waals surface area (Å²) in [5.74, 6) is 0.444. The number of nitrogens with zero attached hydrogens (tertiary/aromatic N) is 1. The Morgan fingerprint density at radius 2 is 2.00 bits per heavy atom. The Morgan fingerprint density at radius 3 is 2.57 bits per heavy atom. The van der Waals surface area contributed by atoms with Crippen molar-refractivity contribution in [1.82, 2.24) is 9.62 Å². The monoisotopic (exact) mass is 317 g/mol. The van der Waals surface area contributed by atoms with Gasteiger partial charge in [0, 0.05) is 25.0 Å². The van der Waals surface area contributed by atoms with Crippen molar-refractivity contribution in [2.24, 2.45) is 16.5 Å². The van der Waals surface area contributed by atoms with Crippen LogP contribution in [0.5, 0.6) is 0 Å². The molecule has 0 spiro atoms. The van der Waals surface area contributed by atoms with Crippen molar-refractivity contribution in [2.75, 3.05) is 19.6 Å². The minimum atomic E-state index is -3.65. The van der Waals surface area contributed by atoms with Crippen molar-refractivity contribution in [3.05, 3.63) is 0 Å². The number of likely N-dealkylation sites (tertiary alicyclic amines) is 1. The lowest BCUT2D eigenvalue weighted by Gasteiger charge is -2.38. The molecule has 6 nitrogen and oxygen atoms in total. The van der Waals surface area contributed by atoms with Gasteiger partial charge in [0.2, 0.25) is 5.91 Å². The predicted molar refractivity (Wildman–Crippen MR) is 81.6 cm³/mol. The number of rotatable bonds is 5. The molecule has 0 aromatic carbocycles. The summed E-state index contributed by atoms with van der Waals surface area (Å²) in [6.07, 6.45) is 7.06. The summed E-state index contributed by atoms with van der Waals surface area (Å²) in [5, 5.41) is 4.97. The van der Waals surface area contributed by atoms with E-state index in [1.54, 1.807) is 0 Å². The Balaban J connectivity index is 1.95. The maximum atomic E-state index is 12.9. The number of carbonyl (C=O) groups excluding carboxylic acids is 1. The molecule has 1 aliphatic heterocycles. The highest BCUT2D eigenvalue weighted by Crippen LogP contribution is 2.43. The minimum absolute atomic E-state index is 0.157. The first-order valence-electron chi connectivity index (χ1n) is 7.93. The number of hydrogen-bond donors (Lipinski definition) is 2. The molecular formula is C14H27N3O3S. The number of nitrogens with two attached hydrogens (primary N) is 1. The van der Waals surface area contributed by atoms with Crippen LogP contribution in [-0.4, -0.2) is 38.9 Å². The number of nitrogens with one attached hydrogen (secondary N) is 1. The Hall–Kier alpha value is -0.660. The number of hydrogen-bond acceptors (Lipinski definition) is 3. The van der Waals surface area contributed by atoms with E-state index in [4.69, 9.17) is 5.14 Å². The smallest absolute Gasteiger partial charge is 0.274 e. The van der Waals surface area contributed by atoms with Crippen LogP contribution in [0.25, 0.3) is 0 Å². The van der Waals surface area contributed by atoms with Crippen LogP contribution in [0.2, 0.25) is 0 Å². The van der Waals surface area contributed by atoms with Crippen molar-refractivity contribution < 1.29 is 13.2 Å². The van der Waals surface area contributed by atoms with Crippen LogP contribution in [0.3, 0.4) is 0 Å². The van der Waals surface area contributed by atoms with Crippen LogP contribution in [0.15, 0.2) is 0 Å². The summed E-state index contributed by atoms with van der Waals surface area (Å²) in [4.78, 5) is 14.8. The first-order chi connectivity index (χ1) is 9.86. The van der Waals surface area contributed by atoms with Crippen molar-refractivity contribution >= 4 is 16.1 Å². The van der Waals surface area contributed by atoms with Gasteiger partial charge in [-0.2, -0.15) is 8.42 Å². The lowest BCUT2D eigenvalue weighted by Crippen LogP contribution is -2.49. The SMILES string of the molecule is CCC1(C(=O)N2CCCC(CNS(N)(=O)=O)C2)CCCC1. The van der Waals surface area contributed by atoms with E-state index in [1.807, 2.05) is 4.90 Å². The lowest BCUT2D eigenvalue weighted by molar-refractivity contribution is -0.144. The van der Waals surface area contributed by atoms with Crippen LogP contribution in [0.4, 0.5) is 0 Å². The van der Waals surface area contributed by atoms with Gasteiger partial charge in [0.15, 0.2) is 0 Å². The molecule has 0 aromatic heterocycles. The van der Waals surface area contributed by atoms with E-state index in [-0.39, 0.29) is 17.2 Å². The second-order valence-corrected chi connectivity index (χ2v) is 7.87. The second kappa shape index (κ2) is 6.62. The summed E-state index contributed by atoms with van der Waals surface area (Å²) in [6.45, 7) is 3.87. The average Bonchev–Trinajstić information content (AvgIpc) is 2.94. The Labute approximate surface area is 127 Å². The third-order valence-electron chi connectivity index (χ3n) is 5.07. The molecule has 0 aromatic rings. The van der Waals surface area contributed by atoms with E-state index in [0.717, 1.165) is 51.5 Å². The number of amides is 1. The van der Waals surface area contributed by atoms with Gasteiger partial charge in [0.25, 0.3) is 10.2 Å². The molecule has 1 saturated carbocycles. The Morgan fingerprint density at radius 1 is 1.33 bits per heavy atom. The summed E-state index contributed by atoms with van der Waals surface area (Å²) in [6, 6.07) is 0. The molecule has 1 unspecified atom stereocenters. The molecule has 1 heterocycles. The van der Waals surface area contributed by atoms with Crippen LogP contribution < -0.4 is 9.86 Å². The van der Waals surface area contributed by atoms with Gasteiger partial charge in [0.1, 0.15) is 0 Å². The molecule has 0 bridgehead atoms. The summed E-state index contributed by atoms with van der Waals surface area (Å²) >= 11 is 0. The molecule has 0 radical (unpaired) electrons. The maximum absolute atomic E-state index is 12.9. The fourth-order valence-electron chi connectivity index (χ4n) is 3.76. The molecule has 7 heteroatoms. The molecule has 122 valence electrons. The molecule has 1 amide bonds. The van der Waals surface area contributed by atoms with E-state index >= 15 is 0 Å². The molecule has 2 aliphatic rings. The van der Waals surface area contributed by atoms with Crippen molar-refractivity contribution in [3.63, 3.8) is 0 Å². The Kier molecular flexibility index (Phi) is 5.27. The van der Waals surface area contributed by atoms with Gasteiger partial charge in [0.05, 0.1) is 0 Å². The lowest BCUT2D eigenvalue weighted by atomic mass is 9.81. The second-order valence-electron chi connectivity index (χ2n) is 6.49. The van der Waals surface area contributed by atoms with Gasteiger partial charge in [-0.05, 0) is 38.0 Å². The van der Waals surface area contributed by atoms with Crippen LogP contribution in [0, 0.1) is 11.3 Å². The van der Waals surface area contributed by atoms with Gasteiger partial charge in [-0.15, -0.1) is 0 Å². The third kappa shape index (κ3) is 4.17. The summed E-state index contributed by atoms with van der Waals surface area (Å²) < 4.78 is 24.3. The zero-order chi connectivity index (χ0) is 15.5. The standard InChI is InChI=1S/C14H27N3O3S/c1-2-14(7-3-4-8-14)13(18)17-9-5-6-12(11-17)10-16-21(15,19)20/h12,16H,2-11H2,1H3,(H2,15,19,20). The van der Waals surface area contributed by atoms with Gasteiger partial charge in [-0.1, -0.05) is 19.8 Å². The molecule has 1 atom stereocenters. The molecule has 3 N–H and O–H groups in total. The van der Waals surface area contributed by atoms with E-state index in [1.165, 1.54) is 0 Å². The Bertz CT molecular complexity index is 472. The fourth-order valence-corrected chi connectivity index (χ4v) is 4.22. The van der Waals surface area contributed by atoms with Crippen molar-refractivity contribution in [2.45, 2.75) is 51.9 Å². The minimum Gasteiger partial charge on any atom is -0.342 e. The highest BCUT2D eigenvalue weighted by atomic mass is 32.2. The molecule has 2 rings (SSSR count). The number of piperidine rings is 1. The first kappa shape index (κ1) is 16.7. The van der Waals surface area contributed by atoms with Gasteiger partial charge in [-0.25, -0.2) is 9.86 Å². The van der Waals surface area contributed by atoms with E-state index < -0.39 is 10.2 Å². The van der Waals surface area contributed by atoms with Gasteiger partial charge >= 0.3 is 0 Å². The van der Waals surface area contributed by atoms with Crippen LogP contribution in [-0.2, 0) is 15.0 Å². The zero-order valence-electron chi connectivity index (χ0n) is 12.8. The van der Waals surface area contributed by atoms with Gasteiger partial charge < -0.3 is 4.90 Å². The number of carbonyl (C=O) groups is 1. The normalized spacial score (nSPS) is 26.0. The van der Waals surface area contributed by atoms with Gasteiger partial charge in [-0.3, -0.25) is 4.79 Å². The highest BCUT2D eigenvalue weighted by molar-refractivity contribution is 7.87. The van der Waals surface area contributed by atoms with Crippen LogP contribution in [0.1, 0.15) is 51.9 Å². The van der Waals surface area contributed by atoms with Crippen molar-refractivity contribution in [1.29, 1.82) is 0 Å². The average molecular weight is 317 g/mol. The third-order valence-corrected chi connectivity index (χ3v) is 5.64. The fraction of sp³-hybridized carbons (Fsp3) is 0.929.